The zero-order valence-electron chi connectivity index (χ0n) is 18.1. The number of aromatic nitrogens is 4. The van der Waals surface area contributed by atoms with Crippen molar-refractivity contribution in [3.63, 3.8) is 0 Å². The van der Waals surface area contributed by atoms with Crippen LogP contribution in [-0.4, -0.2) is 33.5 Å². The topological polar surface area (TPSA) is 132 Å². The summed E-state index contributed by atoms with van der Waals surface area (Å²) in [6.45, 7) is 1.54. The Hall–Kier alpha value is -4.17. The van der Waals surface area contributed by atoms with Gasteiger partial charge in [-0.25, -0.2) is 13.4 Å². The minimum Gasteiger partial charge on any atom is -0.437 e. The summed E-state index contributed by atoms with van der Waals surface area (Å²) in [7, 11) is -0.200. The monoisotopic (exact) mass is 464 g/mol. The number of hydrogen-bond acceptors (Lipinski definition) is 7. The number of nitrogens with zero attached hydrogens (tertiary/aromatic N) is 5. The van der Waals surface area contributed by atoms with Crippen LogP contribution in [0.5, 0.6) is 11.6 Å². The molecule has 168 valence electrons. The number of ether oxygens (including phenoxy) is 1. The quantitative estimate of drug-likeness (QED) is 0.464. The molecule has 0 saturated carbocycles. The Morgan fingerprint density at radius 1 is 1.18 bits per heavy atom. The SMILES string of the molecule is CCS(=O)(=O)Nc1ccc(Oc2ncccc2C#N)c(-c2cn(C)c(=O)c3cn(C)nc23)c1. The Kier molecular flexibility index (Phi) is 5.61. The Morgan fingerprint density at radius 2 is 1.97 bits per heavy atom. The third-order valence-electron chi connectivity index (χ3n) is 4.98. The van der Waals surface area contributed by atoms with Gasteiger partial charge in [0.25, 0.3) is 5.56 Å². The molecular weight excluding hydrogens is 444 g/mol. The van der Waals surface area contributed by atoms with Crippen LogP contribution in [0, 0.1) is 11.3 Å². The van der Waals surface area contributed by atoms with Crippen LogP contribution < -0.4 is 15.0 Å². The number of nitriles is 1. The molecule has 0 saturated heterocycles. The maximum absolute atomic E-state index is 12.6. The molecule has 0 aliphatic rings. The standard InChI is InChI=1S/C22H20N6O4S/c1-4-33(30,31)26-15-7-8-19(32-21-14(11-23)6-5-9-24-21)16(10-15)17-12-27(2)22(29)18-13-28(3)25-20(17)18/h5-10,12-13,26H,4H2,1-3H3. The van der Waals surface area contributed by atoms with Crippen molar-refractivity contribution in [1.82, 2.24) is 19.3 Å². The van der Waals surface area contributed by atoms with Crippen molar-refractivity contribution in [2.45, 2.75) is 6.92 Å². The maximum atomic E-state index is 12.6. The Bertz CT molecular complexity index is 1580. The van der Waals surface area contributed by atoms with Gasteiger partial charge in [0, 0.05) is 49.5 Å². The minimum absolute atomic E-state index is 0.0929. The van der Waals surface area contributed by atoms with Gasteiger partial charge in [-0.2, -0.15) is 10.4 Å². The van der Waals surface area contributed by atoms with Crippen molar-refractivity contribution in [2.75, 3.05) is 10.5 Å². The van der Waals surface area contributed by atoms with E-state index in [1.54, 1.807) is 56.8 Å². The molecule has 3 aromatic heterocycles. The number of rotatable bonds is 6. The van der Waals surface area contributed by atoms with Crippen LogP contribution in [0.2, 0.25) is 0 Å². The van der Waals surface area contributed by atoms with E-state index in [-0.39, 0.29) is 22.8 Å². The average molecular weight is 465 g/mol. The first-order valence-corrected chi connectivity index (χ1v) is 11.6. The van der Waals surface area contributed by atoms with Crippen LogP contribution in [0.15, 0.2) is 53.7 Å². The highest BCUT2D eigenvalue weighted by molar-refractivity contribution is 7.92. The van der Waals surface area contributed by atoms with Crippen molar-refractivity contribution in [2.24, 2.45) is 14.1 Å². The van der Waals surface area contributed by atoms with Crippen LogP contribution >= 0.6 is 0 Å². The predicted octanol–water partition coefficient (Wildman–Crippen LogP) is 2.76. The molecule has 33 heavy (non-hydrogen) atoms. The van der Waals surface area contributed by atoms with Gasteiger partial charge in [-0.05, 0) is 37.3 Å². The molecule has 0 bridgehead atoms. The molecule has 0 aliphatic carbocycles. The lowest BCUT2D eigenvalue weighted by Gasteiger charge is -2.15. The number of sulfonamides is 1. The molecule has 0 amide bonds. The van der Waals surface area contributed by atoms with E-state index < -0.39 is 10.0 Å². The first-order valence-electron chi connectivity index (χ1n) is 9.93. The molecule has 0 unspecified atom stereocenters. The van der Waals surface area contributed by atoms with E-state index in [0.29, 0.717) is 33.5 Å². The average Bonchev–Trinajstić information content (AvgIpc) is 3.19. The van der Waals surface area contributed by atoms with Gasteiger partial charge >= 0.3 is 0 Å². The predicted molar refractivity (Wildman–Crippen MR) is 124 cm³/mol. The smallest absolute Gasteiger partial charge is 0.261 e. The highest BCUT2D eigenvalue weighted by Gasteiger charge is 2.19. The molecule has 0 fully saturated rings. The second-order valence-electron chi connectivity index (χ2n) is 7.31. The second-order valence-corrected chi connectivity index (χ2v) is 9.32. The summed E-state index contributed by atoms with van der Waals surface area (Å²) in [4.78, 5) is 16.8. The molecule has 3 heterocycles. The van der Waals surface area contributed by atoms with Crippen LogP contribution in [0.4, 0.5) is 5.69 Å². The number of hydrogen-bond donors (Lipinski definition) is 1. The molecule has 1 N–H and O–H groups in total. The van der Waals surface area contributed by atoms with Gasteiger partial charge in [-0.15, -0.1) is 0 Å². The number of fused-ring (bicyclic) bond motifs is 1. The van der Waals surface area contributed by atoms with Crippen LogP contribution in [-0.2, 0) is 24.1 Å². The van der Waals surface area contributed by atoms with E-state index >= 15 is 0 Å². The number of nitrogens with one attached hydrogen (secondary N) is 1. The largest absolute Gasteiger partial charge is 0.437 e. The highest BCUT2D eigenvalue weighted by atomic mass is 32.2. The fourth-order valence-electron chi connectivity index (χ4n) is 3.35. The van der Waals surface area contributed by atoms with Crippen molar-refractivity contribution in [3.05, 3.63) is 64.8 Å². The summed E-state index contributed by atoms with van der Waals surface area (Å²) >= 11 is 0. The molecule has 0 atom stereocenters. The summed E-state index contributed by atoms with van der Waals surface area (Å²) in [5.41, 5.74) is 1.79. The highest BCUT2D eigenvalue weighted by Crippen LogP contribution is 2.38. The summed E-state index contributed by atoms with van der Waals surface area (Å²) in [6, 6.07) is 9.98. The summed E-state index contributed by atoms with van der Waals surface area (Å²) in [6.07, 6.45) is 4.74. The summed E-state index contributed by atoms with van der Waals surface area (Å²) < 4.78 is 35.8. The van der Waals surface area contributed by atoms with E-state index in [1.807, 2.05) is 6.07 Å². The molecule has 4 aromatic rings. The molecule has 0 radical (unpaired) electrons. The summed E-state index contributed by atoms with van der Waals surface area (Å²) in [5.74, 6) is 0.324. The molecule has 10 nitrogen and oxygen atoms in total. The fraction of sp³-hybridized carbons (Fsp3) is 0.182. The fourth-order valence-corrected chi connectivity index (χ4v) is 3.98. The van der Waals surface area contributed by atoms with Gasteiger partial charge in [-0.1, -0.05) is 0 Å². The van der Waals surface area contributed by atoms with Crippen LogP contribution in [0.1, 0.15) is 12.5 Å². The van der Waals surface area contributed by atoms with Crippen molar-refractivity contribution < 1.29 is 13.2 Å². The number of pyridine rings is 2. The van der Waals surface area contributed by atoms with E-state index in [0.717, 1.165) is 0 Å². The lowest BCUT2D eigenvalue weighted by atomic mass is 10.0. The van der Waals surface area contributed by atoms with Gasteiger partial charge in [0.1, 0.15) is 22.9 Å². The maximum Gasteiger partial charge on any atom is 0.261 e. The van der Waals surface area contributed by atoms with Crippen molar-refractivity contribution in [1.29, 1.82) is 5.26 Å². The zero-order chi connectivity index (χ0) is 23.8. The molecule has 0 spiro atoms. The number of anilines is 1. The zero-order valence-corrected chi connectivity index (χ0v) is 18.9. The van der Waals surface area contributed by atoms with Crippen molar-refractivity contribution in [3.8, 4) is 28.8 Å². The van der Waals surface area contributed by atoms with Gasteiger partial charge < -0.3 is 9.30 Å². The minimum atomic E-state index is -3.53. The van der Waals surface area contributed by atoms with Crippen LogP contribution in [0.25, 0.3) is 22.0 Å². The lowest BCUT2D eigenvalue weighted by Crippen LogP contribution is -2.16. The van der Waals surface area contributed by atoms with E-state index in [9.17, 15) is 18.5 Å². The Morgan fingerprint density at radius 3 is 2.70 bits per heavy atom. The molecule has 11 heteroatoms. The molecule has 4 rings (SSSR count). The van der Waals surface area contributed by atoms with Gasteiger partial charge in [-0.3, -0.25) is 14.2 Å². The van der Waals surface area contributed by atoms with E-state index in [1.165, 1.54) is 22.4 Å². The first kappa shape index (κ1) is 22.0. The summed E-state index contributed by atoms with van der Waals surface area (Å²) in [5, 5.41) is 14.2. The third kappa shape index (κ3) is 4.28. The van der Waals surface area contributed by atoms with Crippen molar-refractivity contribution >= 4 is 26.6 Å². The van der Waals surface area contributed by atoms with Gasteiger partial charge in [0.05, 0.1) is 11.1 Å². The Balaban J connectivity index is 1.97. The van der Waals surface area contributed by atoms with Crippen LogP contribution in [0.3, 0.4) is 0 Å². The van der Waals surface area contributed by atoms with Gasteiger partial charge in [0.2, 0.25) is 15.9 Å². The third-order valence-corrected chi connectivity index (χ3v) is 6.29. The number of aryl methyl sites for hydroxylation is 2. The number of benzene rings is 1. The second kappa shape index (κ2) is 8.40. The normalized spacial score (nSPS) is 11.3. The Labute approximate surface area is 189 Å². The lowest BCUT2D eigenvalue weighted by molar-refractivity contribution is 0.463. The molecule has 1 aromatic carbocycles. The first-order chi connectivity index (χ1) is 15.7. The molecule has 0 aliphatic heterocycles. The van der Waals surface area contributed by atoms with Gasteiger partial charge in [0.15, 0.2) is 0 Å². The van der Waals surface area contributed by atoms with E-state index in [2.05, 4.69) is 14.8 Å². The molecular formula is C22H20N6O4S. The van der Waals surface area contributed by atoms with E-state index in [4.69, 9.17) is 4.74 Å².